The first kappa shape index (κ1) is 12.5. The second kappa shape index (κ2) is 8.10. The molecule has 0 aromatic carbocycles. The van der Waals surface area contributed by atoms with Gasteiger partial charge >= 0.3 is 0 Å². The molecule has 0 bridgehead atoms. The van der Waals surface area contributed by atoms with Gasteiger partial charge in [-0.2, -0.15) is 0 Å². The standard InChI is InChI=1S/C13H24/c1-5-12(3)10-8-7-9-11-13(4)6-2/h11H,3,5-10H2,1-2,4H3. The van der Waals surface area contributed by atoms with Crippen molar-refractivity contribution in [3.63, 3.8) is 0 Å². The zero-order valence-electron chi connectivity index (χ0n) is 9.53. The second-order valence-electron chi connectivity index (χ2n) is 3.75. The maximum absolute atomic E-state index is 4.01. The van der Waals surface area contributed by atoms with Crippen LogP contribution in [-0.2, 0) is 0 Å². The van der Waals surface area contributed by atoms with Gasteiger partial charge in [0.05, 0.1) is 0 Å². The molecule has 0 aromatic heterocycles. The van der Waals surface area contributed by atoms with E-state index in [0.717, 1.165) is 6.42 Å². The molecule has 0 heteroatoms. The van der Waals surface area contributed by atoms with E-state index >= 15 is 0 Å². The van der Waals surface area contributed by atoms with Crippen molar-refractivity contribution in [2.24, 2.45) is 0 Å². The highest BCUT2D eigenvalue weighted by molar-refractivity contribution is 4.97. The smallest absolute Gasteiger partial charge is 0.0323 e. The number of rotatable bonds is 7. The van der Waals surface area contributed by atoms with Gasteiger partial charge in [0, 0.05) is 0 Å². The van der Waals surface area contributed by atoms with Crippen LogP contribution in [0.2, 0.25) is 0 Å². The molecule has 0 saturated carbocycles. The topological polar surface area (TPSA) is 0 Å². The molecule has 0 aliphatic carbocycles. The van der Waals surface area contributed by atoms with E-state index in [1.165, 1.54) is 43.3 Å². The van der Waals surface area contributed by atoms with Crippen LogP contribution in [-0.4, -0.2) is 0 Å². The van der Waals surface area contributed by atoms with Gasteiger partial charge in [-0.25, -0.2) is 0 Å². The third-order valence-corrected chi connectivity index (χ3v) is 2.53. The fourth-order valence-corrected chi connectivity index (χ4v) is 1.19. The van der Waals surface area contributed by atoms with Gasteiger partial charge in [-0.3, -0.25) is 0 Å². The minimum Gasteiger partial charge on any atom is -0.0999 e. The molecule has 0 unspecified atom stereocenters. The van der Waals surface area contributed by atoms with Crippen LogP contribution in [0.5, 0.6) is 0 Å². The zero-order chi connectivity index (χ0) is 10.1. The van der Waals surface area contributed by atoms with Crippen molar-refractivity contribution in [3.8, 4) is 0 Å². The third-order valence-electron chi connectivity index (χ3n) is 2.53. The monoisotopic (exact) mass is 180 g/mol. The summed E-state index contributed by atoms with van der Waals surface area (Å²) in [4.78, 5) is 0. The molecular weight excluding hydrogens is 156 g/mol. The Labute approximate surface area is 83.7 Å². The summed E-state index contributed by atoms with van der Waals surface area (Å²) in [6.45, 7) is 10.6. The highest BCUT2D eigenvalue weighted by atomic mass is 14.0. The Hall–Kier alpha value is -0.520. The second-order valence-corrected chi connectivity index (χ2v) is 3.75. The minimum absolute atomic E-state index is 1.14. The Morgan fingerprint density at radius 1 is 1.15 bits per heavy atom. The summed E-state index contributed by atoms with van der Waals surface area (Å²) in [5.41, 5.74) is 2.92. The van der Waals surface area contributed by atoms with Gasteiger partial charge in [0.25, 0.3) is 0 Å². The Balaban J connectivity index is 3.31. The van der Waals surface area contributed by atoms with Crippen molar-refractivity contribution < 1.29 is 0 Å². The van der Waals surface area contributed by atoms with Gasteiger partial charge in [0.1, 0.15) is 0 Å². The van der Waals surface area contributed by atoms with Gasteiger partial charge in [-0.05, 0) is 45.4 Å². The summed E-state index contributed by atoms with van der Waals surface area (Å²) in [6.07, 6.45) is 9.79. The first-order valence-electron chi connectivity index (χ1n) is 5.53. The molecule has 76 valence electrons. The fraction of sp³-hybridized carbons (Fsp3) is 0.692. The van der Waals surface area contributed by atoms with Crippen molar-refractivity contribution in [1.82, 2.24) is 0 Å². The van der Waals surface area contributed by atoms with Crippen LogP contribution < -0.4 is 0 Å². The molecule has 0 rings (SSSR count). The van der Waals surface area contributed by atoms with Crippen LogP contribution in [0.1, 0.15) is 59.3 Å². The molecular formula is C13H24. The summed E-state index contributed by atoms with van der Waals surface area (Å²) in [6, 6.07) is 0. The number of allylic oxidation sites excluding steroid dienone is 3. The minimum atomic E-state index is 1.14. The predicted molar refractivity (Wildman–Crippen MR) is 61.9 cm³/mol. The van der Waals surface area contributed by atoms with E-state index in [-0.39, 0.29) is 0 Å². The average molecular weight is 180 g/mol. The average Bonchev–Trinajstić information content (AvgIpc) is 2.16. The predicted octanol–water partition coefficient (Wildman–Crippen LogP) is 4.87. The molecule has 0 heterocycles. The van der Waals surface area contributed by atoms with Crippen LogP contribution in [0, 0.1) is 0 Å². The summed E-state index contributed by atoms with van der Waals surface area (Å²) < 4.78 is 0. The third kappa shape index (κ3) is 7.83. The molecule has 0 amide bonds. The summed E-state index contributed by atoms with van der Waals surface area (Å²) in [5, 5.41) is 0. The van der Waals surface area contributed by atoms with Crippen LogP contribution in [0.25, 0.3) is 0 Å². The number of hydrogen-bond donors (Lipinski definition) is 0. The van der Waals surface area contributed by atoms with Crippen molar-refractivity contribution >= 4 is 0 Å². The maximum atomic E-state index is 4.01. The Bertz CT molecular complexity index is 163. The molecule has 13 heavy (non-hydrogen) atoms. The Kier molecular flexibility index (Phi) is 7.77. The largest absolute Gasteiger partial charge is 0.0999 e. The van der Waals surface area contributed by atoms with Crippen LogP contribution >= 0.6 is 0 Å². The van der Waals surface area contributed by atoms with Crippen molar-refractivity contribution in [3.05, 3.63) is 23.8 Å². The first-order chi connectivity index (χ1) is 6.20. The molecule has 0 aliphatic heterocycles. The zero-order valence-corrected chi connectivity index (χ0v) is 9.53. The normalized spacial score (nSPS) is 11.8. The van der Waals surface area contributed by atoms with E-state index in [1.807, 2.05) is 0 Å². The van der Waals surface area contributed by atoms with Gasteiger partial charge in [-0.1, -0.05) is 37.6 Å². The van der Waals surface area contributed by atoms with E-state index in [9.17, 15) is 0 Å². The summed E-state index contributed by atoms with van der Waals surface area (Å²) in [7, 11) is 0. The quantitative estimate of drug-likeness (QED) is 0.387. The van der Waals surface area contributed by atoms with E-state index < -0.39 is 0 Å². The molecule has 0 radical (unpaired) electrons. The maximum Gasteiger partial charge on any atom is -0.0323 e. The van der Waals surface area contributed by atoms with Gasteiger partial charge in [0.2, 0.25) is 0 Å². The van der Waals surface area contributed by atoms with Crippen LogP contribution in [0.4, 0.5) is 0 Å². The van der Waals surface area contributed by atoms with Crippen molar-refractivity contribution in [2.45, 2.75) is 59.3 Å². The van der Waals surface area contributed by atoms with Gasteiger partial charge in [-0.15, -0.1) is 0 Å². The van der Waals surface area contributed by atoms with E-state index in [0.29, 0.717) is 0 Å². The van der Waals surface area contributed by atoms with E-state index in [4.69, 9.17) is 0 Å². The highest BCUT2D eigenvalue weighted by Crippen LogP contribution is 2.11. The molecule has 0 spiro atoms. The number of hydrogen-bond acceptors (Lipinski definition) is 0. The molecule has 0 nitrogen and oxygen atoms in total. The lowest BCUT2D eigenvalue weighted by molar-refractivity contribution is 0.726. The Morgan fingerprint density at radius 3 is 2.38 bits per heavy atom. The molecule has 0 saturated heterocycles. The van der Waals surface area contributed by atoms with Crippen molar-refractivity contribution in [1.29, 1.82) is 0 Å². The Morgan fingerprint density at radius 2 is 1.85 bits per heavy atom. The summed E-state index contributed by atoms with van der Waals surface area (Å²) >= 11 is 0. The molecule has 0 fully saturated rings. The molecule has 0 aromatic rings. The van der Waals surface area contributed by atoms with Crippen LogP contribution in [0.15, 0.2) is 23.8 Å². The van der Waals surface area contributed by atoms with E-state index in [2.05, 4.69) is 33.4 Å². The lowest BCUT2D eigenvalue weighted by atomic mass is 10.1. The van der Waals surface area contributed by atoms with E-state index in [1.54, 1.807) is 0 Å². The van der Waals surface area contributed by atoms with Crippen LogP contribution in [0.3, 0.4) is 0 Å². The SMILES string of the molecule is C=C(CC)CCCCC=C(C)CC. The highest BCUT2D eigenvalue weighted by Gasteiger charge is 1.91. The lowest BCUT2D eigenvalue weighted by Gasteiger charge is -2.01. The lowest BCUT2D eigenvalue weighted by Crippen LogP contribution is -1.80. The summed E-state index contributed by atoms with van der Waals surface area (Å²) in [5.74, 6) is 0. The molecule has 0 N–H and O–H groups in total. The number of unbranched alkanes of at least 4 members (excludes halogenated alkanes) is 2. The van der Waals surface area contributed by atoms with Gasteiger partial charge in [0.15, 0.2) is 0 Å². The van der Waals surface area contributed by atoms with Crippen molar-refractivity contribution in [2.75, 3.05) is 0 Å². The molecule has 0 aliphatic rings. The first-order valence-corrected chi connectivity index (χ1v) is 5.53. The molecule has 0 atom stereocenters. The fourth-order valence-electron chi connectivity index (χ4n) is 1.19. The van der Waals surface area contributed by atoms with Gasteiger partial charge < -0.3 is 0 Å².